The zero-order valence-corrected chi connectivity index (χ0v) is 15.5. The van der Waals surface area contributed by atoms with E-state index in [0.717, 1.165) is 16.7 Å². The number of carbonyl (C=O) groups is 2. The highest BCUT2D eigenvalue weighted by molar-refractivity contribution is 6.39. The number of nitrogens with one attached hydrogen (secondary N) is 2. The highest BCUT2D eigenvalue weighted by Gasteiger charge is 2.19. The lowest BCUT2D eigenvalue weighted by Crippen LogP contribution is -2.38. The molecule has 2 aromatic carbocycles. The van der Waals surface area contributed by atoms with Crippen molar-refractivity contribution in [2.24, 2.45) is 0 Å². The summed E-state index contributed by atoms with van der Waals surface area (Å²) in [7, 11) is 3.11. The summed E-state index contributed by atoms with van der Waals surface area (Å²) in [5, 5.41) is 5.24. The maximum atomic E-state index is 12.1. The molecular formula is C20H24N2O4. The lowest BCUT2D eigenvalue weighted by atomic mass is 10.1. The Balaban J connectivity index is 2.00. The SMILES string of the molecule is COc1ccccc1C(CNC(=O)C(=O)Nc1cc(C)ccc1C)OC. The van der Waals surface area contributed by atoms with Crippen molar-refractivity contribution in [1.82, 2.24) is 5.32 Å². The third-order valence-electron chi connectivity index (χ3n) is 4.07. The number of para-hydroxylation sites is 1. The van der Waals surface area contributed by atoms with Gasteiger partial charge in [0.2, 0.25) is 0 Å². The van der Waals surface area contributed by atoms with E-state index in [-0.39, 0.29) is 6.54 Å². The number of hydrogen-bond donors (Lipinski definition) is 2. The second kappa shape index (κ2) is 9.01. The van der Waals surface area contributed by atoms with E-state index in [1.165, 1.54) is 0 Å². The van der Waals surface area contributed by atoms with E-state index in [0.29, 0.717) is 11.4 Å². The standard InChI is InChI=1S/C20H24N2O4/c1-13-9-10-14(2)16(11-13)22-20(24)19(23)21-12-18(26-4)15-7-5-6-8-17(15)25-3/h5-11,18H,12H2,1-4H3,(H,21,23)(H,22,24). The molecule has 6 heteroatoms. The topological polar surface area (TPSA) is 76.7 Å². The van der Waals surface area contributed by atoms with E-state index in [2.05, 4.69) is 10.6 Å². The molecule has 1 atom stereocenters. The molecule has 0 saturated heterocycles. The van der Waals surface area contributed by atoms with Gasteiger partial charge in [0.05, 0.1) is 7.11 Å². The zero-order valence-electron chi connectivity index (χ0n) is 15.5. The fourth-order valence-corrected chi connectivity index (χ4v) is 2.57. The highest BCUT2D eigenvalue weighted by atomic mass is 16.5. The molecule has 0 aliphatic rings. The molecule has 0 bridgehead atoms. The van der Waals surface area contributed by atoms with Gasteiger partial charge in [-0.15, -0.1) is 0 Å². The quantitative estimate of drug-likeness (QED) is 0.781. The van der Waals surface area contributed by atoms with Crippen molar-refractivity contribution in [3.8, 4) is 5.75 Å². The van der Waals surface area contributed by atoms with Gasteiger partial charge in [-0.2, -0.15) is 0 Å². The Morgan fingerprint density at radius 2 is 1.77 bits per heavy atom. The van der Waals surface area contributed by atoms with Crippen molar-refractivity contribution in [2.45, 2.75) is 20.0 Å². The highest BCUT2D eigenvalue weighted by Crippen LogP contribution is 2.26. The van der Waals surface area contributed by atoms with Crippen LogP contribution >= 0.6 is 0 Å². The summed E-state index contributed by atoms with van der Waals surface area (Å²) in [6, 6.07) is 13.1. The van der Waals surface area contributed by atoms with Gasteiger partial charge in [0, 0.05) is 24.9 Å². The van der Waals surface area contributed by atoms with Crippen LogP contribution in [0.5, 0.6) is 5.75 Å². The molecule has 138 valence electrons. The molecular weight excluding hydrogens is 332 g/mol. The minimum Gasteiger partial charge on any atom is -0.496 e. The molecule has 2 N–H and O–H groups in total. The van der Waals surface area contributed by atoms with Crippen LogP contribution in [-0.2, 0) is 14.3 Å². The number of benzene rings is 2. The first-order valence-corrected chi connectivity index (χ1v) is 8.28. The minimum absolute atomic E-state index is 0.149. The Kier molecular flexibility index (Phi) is 6.74. The van der Waals surface area contributed by atoms with E-state index in [1.807, 2.05) is 56.3 Å². The number of ether oxygens (including phenoxy) is 2. The molecule has 0 spiro atoms. The molecule has 0 radical (unpaired) electrons. The number of anilines is 1. The van der Waals surface area contributed by atoms with E-state index >= 15 is 0 Å². The molecule has 0 aliphatic heterocycles. The van der Waals surface area contributed by atoms with Crippen molar-refractivity contribution >= 4 is 17.5 Å². The van der Waals surface area contributed by atoms with Crippen molar-refractivity contribution in [3.63, 3.8) is 0 Å². The van der Waals surface area contributed by atoms with Gasteiger partial charge in [-0.05, 0) is 37.1 Å². The number of rotatable bonds is 6. The van der Waals surface area contributed by atoms with Crippen LogP contribution in [0.1, 0.15) is 22.8 Å². The predicted molar refractivity (Wildman–Crippen MR) is 100 cm³/mol. The van der Waals surface area contributed by atoms with Crippen molar-refractivity contribution < 1.29 is 19.1 Å². The first kappa shape index (κ1) is 19.5. The maximum absolute atomic E-state index is 12.1. The van der Waals surface area contributed by atoms with Crippen LogP contribution in [0.15, 0.2) is 42.5 Å². The normalized spacial score (nSPS) is 11.5. The summed E-state index contributed by atoms with van der Waals surface area (Å²) < 4.78 is 10.7. The second-order valence-corrected chi connectivity index (χ2v) is 5.95. The van der Waals surface area contributed by atoms with Crippen LogP contribution in [0.2, 0.25) is 0 Å². The fraction of sp³-hybridized carbons (Fsp3) is 0.300. The number of hydrogen-bond acceptors (Lipinski definition) is 4. The average Bonchev–Trinajstić information content (AvgIpc) is 2.65. The molecule has 2 rings (SSSR count). The largest absolute Gasteiger partial charge is 0.496 e. The number of carbonyl (C=O) groups excluding carboxylic acids is 2. The number of methoxy groups -OCH3 is 2. The van der Waals surface area contributed by atoms with Gasteiger partial charge < -0.3 is 20.1 Å². The van der Waals surface area contributed by atoms with Gasteiger partial charge in [0.15, 0.2) is 0 Å². The number of aryl methyl sites for hydroxylation is 2. The second-order valence-electron chi connectivity index (χ2n) is 5.95. The molecule has 0 saturated carbocycles. The molecule has 0 fully saturated rings. The van der Waals surface area contributed by atoms with Gasteiger partial charge in [0.25, 0.3) is 0 Å². The Morgan fingerprint density at radius 1 is 1.04 bits per heavy atom. The molecule has 2 aromatic rings. The summed E-state index contributed by atoms with van der Waals surface area (Å²) in [5.74, 6) is -0.773. The van der Waals surface area contributed by atoms with Gasteiger partial charge in [-0.3, -0.25) is 9.59 Å². The summed E-state index contributed by atoms with van der Waals surface area (Å²) >= 11 is 0. The average molecular weight is 356 g/mol. The van der Waals surface area contributed by atoms with Gasteiger partial charge in [-0.25, -0.2) is 0 Å². The van der Waals surface area contributed by atoms with E-state index in [1.54, 1.807) is 14.2 Å². The van der Waals surface area contributed by atoms with Crippen LogP contribution in [-0.4, -0.2) is 32.6 Å². The van der Waals surface area contributed by atoms with E-state index in [9.17, 15) is 9.59 Å². The van der Waals surface area contributed by atoms with Crippen LogP contribution in [0.25, 0.3) is 0 Å². The molecule has 0 heterocycles. The first-order chi connectivity index (χ1) is 12.5. The van der Waals surface area contributed by atoms with Crippen LogP contribution in [0.4, 0.5) is 5.69 Å². The number of amides is 2. The van der Waals surface area contributed by atoms with E-state index in [4.69, 9.17) is 9.47 Å². The summed E-state index contributed by atoms with van der Waals surface area (Å²) in [4.78, 5) is 24.3. The van der Waals surface area contributed by atoms with Crippen molar-refractivity contribution in [1.29, 1.82) is 0 Å². The fourth-order valence-electron chi connectivity index (χ4n) is 2.57. The van der Waals surface area contributed by atoms with E-state index < -0.39 is 17.9 Å². The molecule has 2 amide bonds. The lowest BCUT2D eigenvalue weighted by Gasteiger charge is -2.19. The molecule has 1 unspecified atom stereocenters. The molecule has 0 aliphatic carbocycles. The van der Waals surface area contributed by atoms with Crippen molar-refractivity contribution in [3.05, 3.63) is 59.2 Å². The summed E-state index contributed by atoms with van der Waals surface area (Å²) in [6.07, 6.45) is -0.427. The predicted octanol–water partition coefficient (Wildman–Crippen LogP) is 2.75. The summed E-state index contributed by atoms with van der Waals surface area (Å²) in [6.45, 7) is 3.94. The smallest absolute Gasteiger partial charge is 0.313 e. The van der Waals surface area contributed by atoms with Gasteiger partial charge in [0.1, 0.15) is 11.9 Å². The monoisotopic (exact) mass is 356 g/mol. The van der Waals surface area contributed by atoms with Crippen molar-refractivity contribution in [2.75, 3.05) is 26.1 Å². The Bertz CT molecular complexity index is 789. The van der Waals surface area contributed by atoms with Crippen LogP contribution in [0.3, 0.4) is 0 Å². The third kappa shape index (κ3) is 4.83. The van der Waals surface area contributed by atoms with Gasteiger partial charge in [-0.1, -0.05) is 30.3 Å². The minimum atomic E-state index is -0.720. The Labute approximate surface area is 153 Å². The summed E-state index contributed by atoms with van der Waals surface area (Å²) in [5.41, 5.74) is 3.31. The van der Waals surface area contributed by atoms with Gasteiger partial charge >= 0.3 is 11.8 Å². The lowest BCUT2D eigenvalue weighted by molar-refractivity contribution is -0.136. The maximum Gasteiger partial charge on any atom is 0.313 e. The Morgan fingerprint density at radius 3 is 2.46 bits per heavy atom. The van der Waals surface area contributed by atoms with Crippen LogP contribution in [0, 0.1) is 13.8 Å². The molecule has 0 aromatic heterocycles. The Hall–Kier alpha value is -2.86. The first-order valence-electron chi connectivity index (χ1n) is 8.28. The molecule has 6 nitrogen and oxygen atoms in total. The third-order valence-corrected chi connectivity index (χ3v) is 4.07. The zero-order chi connectivity index (χ0) is 19.1. The molecule has 26 heavy (non-hydrogen) atoms. The van der Waals surface area contributed by atoms with Crippen LogP contribution < -0.4 is 15.4 Å².